The van der Waals surface area contributed by atoms with E-state index in [-0.39, 0.29) is 5.91 Å². The second-order valence-corrected chi connectivity index (χ2v) is 5.44. The molecule has 1 amide bonds. The summed E-state index contributed by atoms with van der Waals surface area (Å²) in [5.41, 5.74) is 2.09. The van der Waals surface area contributed by atoms with Crippen LogP contribution in [0.4, 0.5) is 0 Å². The van der Waals surface area contributed by atoms with Crippen LogP contribution in [0.2, 0.25) is 0 Å². The minimum absolute atomic E-state index is 0.129. The first kappa shape index (κ1) is 13.0. The van der Waals surface area contributed by atoms with Gasteiger partial charge in [0.05, 0.1) is 0 Å². The summed E-state index contributed by atoms with van der Waals surface area (Å²) in [6.07, 6.45) is 6.79. The highest BCUT2D eigenvalue weighted by atomic mass is 16.3. The summed E-state index contributed by atoms with van der Waals surface area (Å²) in [6, 6.07) is -0.821. The molecule has 0 bridgehead atoms. The number of carbonyl (C=O) groups is 1. The summed E-state index contributed by atoms with van der Waals surface area (Å²) < 4.78 is 0. The molecule has 0 saturated heterocycles. The molecule has 0 saturated carbocycles. The predicted molar refractivity (Wildman–Crippen MR) is 71.0 cm³/mol. The Balaban J connectivity index is 2.26. The Kier molecular flexibility index (Phi) is 3.94. The largest absolute Gasteiger partial charge is 0.340 e. The maximum atomic E-state index is 12.3. The first-order valence-electron chi connectivity index (χ1n) is 6.63. The van der Waals surface area contributed by atoms with Gasteiger partial charge in [0.2, 0.25) is 0 Å². The average molecular weight is 248 g/mol. The lowest BCUT2D eigenvalue weighted by molar-refractivity contribution is -0.131. The topological polar surface area (TPSA) is 49.7 Å². The van der Waals surface area contributed by atoms with Crippen molar-refractivity contribution in [2.45, 2.75) is 39.2 Å². The van der Waals surface area contributed by atoms with Gasteiger partial charge in [-0.1, -0.05) is 36.7 Å². The number of nitrogens with zero attached hydrogens (tertiary/aromatic N) is 2. The fraction of sp³-hybridized carbons (Fsp3) is 0.643. The minimum atomic E-state index is -0.821. The molecule has 0 aromatic rings. The third kappa shape index (κ3) is 2.52. The lowest BCUT2D eigenvalue weighted by Crippen LogP contribution is -2.40. The Hall–Kier alpha value is -1.45. The Bertz CT molecular complexity index is 410. The molecule has 1 atom stereocenters. The van der Waals surface area contributed by atoms with E-state index in [2.05, 4.69) is 19.0 Å². The van der Waals surface area contributed by atoms with Crippen LogP contribution < -0.4 is 0 Å². The van der Waals surface area contributed by atoms with Gasteiger partial charge in [0.1, 0.15) is 0 Å². The van der Waals surface area contributed by atoms with Crippen molar-refractivity contribution in [2.24, 2.45) is 11.1 Å². The summed E-state index contributed by atoms with van der Waals surface area (Å²) >= 11 is 0. The smallest absolute Gasteiger partial charge is 0.255 e. The van der Waals surface area contributed by atoms with E-state index in [4.69, 9.17) is 0 Å². The molecule has 0 radical (unpaired) electrons. The predicted octanol–water partition coefficient (Wildman–Crippen LogP) is 2.66. The molecule has 0 aromatic carbocycles. The fourth-order valence-corrected chi connectivity index (χ4v) is 2.69. The lowest BCUT2D eigenvalue weighted by atomic mass is 9.92. The van der Waals surface area contributed by atoms with Gasteiger partial charge < -0.3 is 4.90 Å². The zero-order chi connectivity index (χ0) is 13.1. The quantitative estimate of drug-likeness (QED) is 0.721. The molecule has 4 nitrogen and oxygen atoms in total. The van der Waals surface area contributed by atoms with E-state index in [1.807, 2.05) is 12.2 Å². The summed E-state index contributed by atoms with van der Waals surface area (Å²) in [6.45, 7) is 5.58. The van der Waals surface area contributed by atoms with Gasteiger partial charge >= 0.3 is 0 Å². The highest BCUT2D eigenvalue weighted by Crippen LogP contribution is 2.29. The third-order valence-corrected chi connectivity index (χ3v) is 3.53. The maximum Gasteiger partial charge on any atom is 0.255 e. The van der Waals surface area contributed by atoms with Crippen LogP contribution >= 0.6 is 0 Å². The Morgan fingerprint density at radius 2 is 2.22 bits per heavy atom. The molecule has 2 rings (SSSR count). The van der Waals surface area contributed by atoms with E-state index >= 15 is 0 Å². The first-order chi connectivity index (χ1) is 8.63. The van der Waals surface area contributed by atoms with Crippen molar-refractivity contribution in [3.05, 3.63) is 28.2 Å². The number of amides is 1. The van der Waals surface area contributed by atoms with Crippen LogP contribution in [0, 0.1) is 10.8 Å². The molecular formula is C14H20N2O2. The summed E-state index contributed by atoms with van der Waals surface area (Å²) in [5.74, 6) is 0.280. The Morgan fingerprint density at radius 1 is 1.44 bits per heavy atom. The van der Waals surface area contributed by atoms with Crippen molar-refractivity contribution in [3.63, 3.8) is 0 Å². The molecule has 0 spiro atoms. The highest BCUT2D eigenvalue weighted by molar-refractivity contribution is 5.87. The van der Waals surface area contributed by atoms with Gasteiger partial charge in [-0.25, -0.2) is 0 Å². The van der Waals surface area contributed by atoms with Crippen molar-refractivity contribution in [1.82, 2.24) is 4.90 Å². The number of hydrogen-bond donors (Lipinski definition) is 0. The SMILES string of the molecule is CC(C)CN1CCC2=C(C=CCC2)C(N=O)C1=O. The molecule has 0 aromatic heterocycles. The first-order valence-corrected chi connectivity index (χ1v) is 6.63. The second kappa shape index (κ2) is 5.46. The van der Waals surface area contributed by atoms with E-state index in [0.717, 1.165) is 31.4 Å². The molecule has 0 N–H and O–H groups in total. The average Bonchev–Trinajstić information content (AvgIpc) is 2.47. The van der Waals surface area contributed by atoms with Gasteiger partial charge in [-0.15, -0.1) is 4.91 Å². The molecule has 98 valence electrons. The van der Waals surface area contributed by atoms with Gasteiger partial charge in [-0.05, 0) is 30.8 Å². The molecular weight excluding hydrogens is 228 g/mol. The van der Waals surface area contributed by atoms with Crippen molar-refractivity contribution in [1.29, 1.82) is 0 Å². The van der Waals surface area contributed by atoms with E-state index in [1.54, 1.807) is 4.90 Å². The Labute approximate surface area is 108 Å². The summed E-state index contributed by atoms with van der Waals surface area (Å²) in [7, 11) is 0. The van der Waals surface area contributed by atoms with E-state index in [9.17, 15) is 9.70 Å². The van der Waals surface area contributed by atoms with E-state index < -0.39 is 6.04 Å². The van der Waals surface area contributed by atoms with Crippen LogP contribution in [0.3, 0.4) is 0 Å². The zero-order valence-corrected chi connectivity index (χ0v) is 11.1. The van der Waals surface area contributed by atoms with Crippen LogP contribution in [-0.4, -0.2) is 29.9 Å². The zero-order valence-electron chi connectivity index (χ0n) is 11.1. The molecule has 0 fully saturated rings. The molecule has 4 heteroatoms. The van der Waals surface area contributed by atoms with Gasteiger partial charge in [0, 0.05) is 13.1 Å². The molecule has 1 aliphatic heterocycles. The van der Waals surface area contributed by atoms with Crippen LogP contribution in [0.1, 0.15) is 33.1 Å². The maximum absolute atomic E-state index is 12.3. The number of carbonyl (C=O) groups excluding carboxylic acids is 1. The molecule has 1 unspecified atom stereocenters. The van der Waals surface area contributed by atoms with Gasteiger partial charge in [0.15, 0.2) is 6.04 Å². The Morgan fingerprint density at radius 3 is 2.89 bits per heavy atom. The van der Waals surface area contributed by atoms with Crippen LogP contribution in [-0.2, 0) is 4.79 Å². The van der Waals surface area contributed by atoms with Gasteiger partial charge in [-0.2, -0.15) is 0 Å². The van der Waals surface area contributed by atoms with Gasteiger partial charge in [0.25, 0.3) is 5.91 Å². The van der Waals surface area contributed by atoms with Crippen molar-refractivity contribution < 1.29 is 4.79 Å². The van der Waals surface area contributed by atoms with E-state index in [0.29, 0.717) is 12.5 Å². The van der Waals surface area contributed by atoms with Crippen LogP contribution in [0.25, 0.3) is 0 Å². The van der Waals surface area contributed by atoms with Crippen molar-refractivity contribution >= 4 is 5.91 Å². The van der Waals surface area contributed by atoms with Crippen molar-refractivity contribution in [3.8, 4) is 0 Å². The highest BCUT2D eigenvalue weighted by Gasteiger charge is 2.33. The summed E-state index contributed by atoms with van der Waals surface area (Å²) in [4.78, 5) is 25.2. The normalized spacial score (nSPS) is 24.3. The molecule has 2 aliphatic rings. The second-order valence-electron chi connectivity index (χ2n) is 5.44. The molecule has 1 aliphatic carbocycles. The summed E-state index contributed by atoms with van der Waals surface area (Å²) in [5, 5.41) is 3.08. The van der Waals surface area contributed by atoms with Crippen LogP contribution in [0.15, 0.2) is 28.5 Å². The fourth-order valence-electron chi connectivity index (χ4n) is 2.69. The number of hydrogen-bond acceptors (Lipinski definition) is 3. The van der Waals surface area contributed by atoms with E-state index in [1.165, 1.54) is 5.57 Å². The minimum Gasteiger partial charge on any atom is -0.340 e. The number of allylic oxidation sites excluding steroid dienone is 1. The third-order valence-electron chi connectivity index (χ3n) is 3.53. The molecule has 18 heavy (non-hydrogen) atoms. The van der Waals surface area contributed by atoms with Crippen molar-refractivity contribution in [2.75, 3.05) is 13.1 Å². The molecule has 1 heterocycles. The number of nitroso groups, excluding NO2 is 1. The van der Waals surface area contributed by atoms with Crippen LogP contribution in [0.5, 0.6) is 0 Å². The lowest BCUT2D eigenvalue weighted by Gasteiger charge is -2.24. The monoisotopic (exact) mass is 248 g/mol. The van der Waals surface area contributed by atoms with Gasteiger partial charge in [-0.3, -0.25) is 4.79 Å². The number of rotatable bonds is 3. The standard InChI is InChI=1S/C14H20N2O2/c1-10(2)9-16-8-7-11-5-3-4-6-12(11)13(15-18)14(16)17/h4,6,10,13H,3,5,7-9H2,1-2H3.